The highest BCUT2D eigenvalue weighted by Gasteiger charge is 2.14. The minimum atomic E-state index is 0.731. The van der Waals surface area contributed by atoms with Crippen LogP contribution in [0.2, 0.25) is 5.02 Å². The highest BCUT2D eigenvalue weighted by atomic mass is 35.5. The van der Waals surface area contributed by atoms with Gasteiger partial charge >= 0.3 is 0 Å². The van der Waals surface area contributed by atoms with Crippen LogP contribution in [0.1, 0.15) is 18.4 Å². The van der Waals surface area contributed by atoms with E-state index in [1.165, 1.54) is 36.9 Å². The fourth-order valence-electron chi connectivity index (χ4n) is 2.36. The summed E-state index contributed by atoms with van der Waals surface area (Å²) in [5, 5.41) is 1.92. The zero-order valence-corrected chi connectivity index (χ0v) is 9.83. The lowest BCUT2D eigenvalue weighted by molar-refractivity contribution is 0.331. The van der Waals surface area contributed by atoms with Crippen molar-refractivity contribution < 1.29 is 4.42 Å². The fraction of sp³-hybridized carbons (Fsp3) is 0.385. The number of halogens is 1. The molecule has 2 aromatic rings. The molecule has 0 atom stereocenters. The highest BCUT2D eigenvalue weighted by Crippen LogP contribution is 2.26. The van der Waals surface area contributed by atoms with Crippen molar-refractivity contribution in [1.29, 1.82) is 0 Å². The molecule has 1 fully saturated rings. The average molecular weight is 236 g/mol. The van der Waals surface area contributed by atoms with Crippen LogP contribution in [0.3, 0.4) is 0 Å². The van der Waals surface area contributed by atoms with E-state index in [2.05, 4.69) is 4.90 Å². The van der Waals surface area contributed by atoms with E-state index in [4.69, 9.17) is 16.0 Å². The number of furan rings is 1. The maximum absolute atomic E-state index is 5.93. The molecule has 1 aromatic heterocycles. The third kappa shape index (κ3) is 1.83. The lowest BCUT2D eigenvalue weighted by atomic mass is 10.1. The van der Waals surface area contributed by atoms with E-state index < -0.39 is 0 Å². The maximum Gasteiger partial charge on any atom is 0.135 e. The fourth-order valence-corrected chi connectivity index (χ4v) is 2.52. The lowest BCUT2D eigenvalue weighted by Crippen LogP contribution is -2.17. The molecule has 16 heavy (non-hydrogen) atoms. The summed E-state index contributed by atoms with van der Waals surface area (Å²) >= 11 is 5.93. The van der Waals surface area contributed by atoms with Crippen LogP contribution in [0.15, 0.2) is 28.9 Å². The van der Waals surface area contributed by atoms with E-state index in [9.17, 15) is 0 Å². The third-order valence-electron chi connectivity index (χ3n) is 3.21. The predicted octanol–water partition coefficient (Wildman–Crippen LogP) is 3.68. The molecule has 0 radical (unpaired) electrons. The van der Waals surface area contributed by atoms with Gasteiger partial charge in [0.15, 0.2) is 0 Å². The van der Waals surface area contributed by atoms with Gasteiger partial charge in [-0.1, -0.05) is 11.6 Å². The molecule has 1 aliphatic heterocycles. The summed E-state index contributed by atoms with van der Waals surface area (Å²) in [7, 11) is 0. The van der Waals surface area contributed by atoms with E-state index >= 15 is 0 Å². The van der Waals surface area contributed by atoms with Gasteiger partial charge in [0.1, 0.15) is 5.58 Å². The Kier molecular flexibility index (Phi) is 2.62. The second-order valence-electron chi connectivity index (χ2n) is 4.38. The second kappa shape index (κ2) is 4.11. The molecular formula is C13H14ClNO. The molecular weight excluding hydrogens is 222 g/mol. The molecule has 1 saturated heterocycles. The van der Waals surface area contributed by atoms with Crippen LogP contribution >= 0.6 is 11.6 Å². The quantitative estimate of drug-likeness (QED) is 0.790. The van der Waals surface area contributed by atoms with Crippen LogP contribution < -0.4 is 0 Å². The Morgan fingerprint density at radius 1 is 1.25 bits per heavy atom. The molecule has 2 heterocycles. The smallest absolute Gasteiger partial charge is 0.135 e. The van der Waals surface area contributed by atoms with Gasteiger partial charge in [-0.05, 0) is 44.1 Å². The van der Waals surface area contributed by atoms with Gasteiger partial charge in [-0.25, -0.2) is 0 Å². The molecule has 0 bridgehead atoms. The lowest BCUT2D eigenvalue weighted by Gasteiger charge is -2.12. The number of rotatable bonds is 2. The largest absolute Gasteiger partial charge is 0.464 e. The van der Waals surface area contributed by atoms with Crippen molar-refractivity contribution in [3.8, 4) is 0 Å². The summed E-state index contributed by atoms with van der Waals surface area (Å²) in [5.41, 5.74) is 2.16. The van der Waals surface area contributed by atoms with Crippen molar-refractivity contribution in [3.63, 3.8) is 0 Å². The molecule has 84 valence electrons. The summed E-state index contributed by atoms with van der Waals surface area (Å²) in [6.07, 6.45) is 4.50. The van der Waals surface area contributed by atoms with Crippen molar-refractivity contribution in [3.05, 3.63) is 35.0 Å². The van der Waals surface area contributed by atoms with Crippen molar-refractivity contribution >= 4 is 22.6 Å². The Balaban J connectivity index is 1.91. The number of hydrogen-bond acceptors (Lipinski definition) is 2. The van der Waals surface area contributed by atoms with Crippen LogP contribution in [0.25, 0.3) is 11.0 Å². The Morgan fingerprint density at radius 2 is 2.06 bits per heavy atom. The third-order valence-corrected chi connectivity index (χ3v) is 3.45. The highest BCUT2D eigenvalue weighted by molar-refractivity contribution is 6.31. The van der Waals surface area contributed by atoms with E-state index in [1.54, 1.807) is 0 Å². The average Bonchev–Trinajstić information content (AvgIpc) is 2.89. The number of hydrogen-bond donors (Lipinski definition) is 0. The molecule has 0 amide bonds. The van der Waals surface area contributed by atoms with Gasteiger partial charge in [-0.3, -0.25) is 4.90 Å². The number of benzene rings is 1. The summed E-state index contributed by atoms with van der Waals surface area (Å²) in [6, 6.07) is 5.85. The number of likely N-dealkylation sites (tertiary alicyclic amines) is 1. The zero-order chi connectivity index (χ0) is 11.0. The molecule has 0 unspecified atom stereocenters. The molecule has 0 spiro atoms. The Labute approximate surface area is 99.8 Å². The first-order valence-electron chi connectivity index (χ1n) is 5.71. The number of nitrogens with zero attached hydrogens (tertiary/aromatic N) is 1. The molecule has 0 saturated carbocycles. The van der Waals surface area contributed by atoms with Gasteiger partial charge in [0.05, 0.1) is 6.26 Å². The van der Waals surface area contributed by atoms with Crippen molar-refractivity contribution in [2.24, 2.45) is 0 Å². The molecule has 3 rings (SSSR count). The van der Waals surface area contributed by atoms with E-state index in [0.717, 1.165) is 17.2 Å². The minimum absolute atomic E-state index is 0.731. The SMILES string of the molecule is Clc1ccc2c(CN3CCCC3)coc2c1. The zero-order valence-electron chi connectivity index (χ0n) is 9.08. The minimum Gasteiger partial charge on any atom is -0.464 e. The van der Waals surface area contributed by atoms with E-state index in [-0.39, 0.29) is 0 Å². The van der Waals surface area contributed by atoms with Crippen molar-refractivity contribution in [2.75, 3.05) is 13.1 Å². The maximum atomic E-state index is 5.93. The number of fused-ring (bicyclic) bond motifs is 1. The van der Waals surface area contributed by atoms with Crippen LogP contribution in [0.4, 0.5) is 0 Å². The van der Waals surface area contributed by atoms with E-state index in [1.807, 2.05) is 24.5 Å². The van der Waals surface area contributed by atoms with Gasteiger partial charge in [0.2, 0.25) is 0 Å². The standard InChI is InChI=1S/C13H14ClNO/c14-11-3-4-12-10(9-16-13(12)7-11)8-15-5-1-2-6-15/h3-4,7,9H,1-2,5-6,8H2. The predicted molar refractivity (Wildman–Crippen MR) is 65.7 cm³/mol. The summed E-state index contributed by atoms with van der Waals surface area (Å²) in [6.45, 7) is 3.41. The Bertz CT molecular complexity index is 500. The molecule has 1 aliphatic rings. The van der Waals surface area contributed by atoms with Gasteiger partial charge in [0, 0.05) is 22.5 Å². The summed E-state index contributed by atoms with van der Waals surface area (Å²) in [5.74, 6) is 0. The van der Waals surface area contributed by atoms with Gasteiger partial charge in [-0.2, -0.15) is 0 Å². The van der Waals surface area contributed by atoms with Gasteiger partial charge < -0.3 is 4.42 Å². The van der Waals surface area contributed by atoms with Crippen LogP contribution in [-0.2, 0) is 6.54 Å². The first-order chi connectivity index (χ1) is 7.83. The summed E-state index contributed by atoms with van der Waals surface area (Å²) in [4.78, 5) is 2.47. The monoisotopic (exact) mass is 235 g/mol. The Hall–Kier alpha value is -0.990. The van der Waals surface area contributed by atoms with Crippen molar-refractivity contribution in [2.45, 2.75) is 19.4 Å². The Morgan fingerprint density at radius 3 is 2.88 bits per heavy atom. The first-order valence-corrected chi connectivity index (χ1v) is 6.09. The molecule has 2 nitrogen and oxygen atoms in total. The van der Waals surface area contributed by atoms with Crippen LogP contribution in [0, 0.1) is 0 Å². The van der Waals surface area contributed by atoms with Crippen LogP contribution in [0.5, 0.6) is 0 Å². The van der Waals surface area contributed by atoms with Crippen molar-refractivity contribution in [1.82, 2.24) is 4.90 Å². The molecule has 3 heteroatoms. The summed E-state index contributed by atoms with van der Waals surface area (Å²) < 4.78 is 5.53. The van der Waals surface area contributed by atoms with E-state index in [0.29, 0.717) is 0 Å². The van der Waals surface area contributed by atoms with Gasteiger partial charge in [-0.15, -0.1) is 0 Å². The topological polar surface area (TPSA) is 16.4 Å². The molecule has 0 N–H and O–H groups in total. The van der Waals surface area contributed by atoms with Gasteiger partial charge in [0.25, 0.3) is 0 Å². The first kappa shape index (κ1) is 10.2. The molecule has 0 aliphatic carbocycles. The van der Waals surface area contributed by atoms with Crippen LogP contribution in [-0.4, -0.2) is 18.0 Å². The normalized spacial score (nSPS) is 17.3. The molecule has 1 aromatic carbocycles. The second-order valence-corrected chi connectivity index (χ2v) is 4.82.